The van der Waals surface area contributed by atoms with Crippen LogP contribution in [0.4, 0.5) is 0 Å². The van der Waals surface area contributed by atoms with E-state index in [9.17, 15) is 33.6 Å². The zero-order valence-corrected chi connectivity index (χ0v) is 47.4. The number of hydrogen-bond acceptors (Lipinski definition) is 19. The van der Waals surface area contributed by atoms with Crippen molar-refractivity contribution in [1.82, 2.24) is 53.2 Å². The summed E-state index contributed by atoms with van der Waals surface area (Å²) >= 11 is 0. The third-order valence-corrected chi connectivity index (χ3v) is 9.49. The average molecular weight is 1080 g/mol. The summed E-state index contributed by atoms with van der Waals surface area (Å²) in [5.74, 6) is -1.33. The Morgan fingerprint density at radius 3 is 1.39 bits per heavy atom. The Bertz CT molecular complexity index is 1320. The van der Waals surface area contributed by atoms with Crippen molar-refractivity contribution in [2.24, 2.45) is 5.73 Å². The van der Waals surface area contributed by atoms with Gasteiger partial charge in [-0.2, -0.15) is 0 Å². The van der Waals surface area contributed by atoms with Gasteiger partial charge in [0, 0.05) is 92.1 Å². The first-order chi connectivity index (χ1) is 36.6. The molecular formula is C50H105N11O14. The van der Waals surface area contributed by atoms with Gasteiger partial charge in [0.1, 0.15) is 18.9 Å². The number of ether oxygens (including phenoxy) is 7. The minimum Gasteiger partial charge on any atom is -0.379 e. The second-order valence-corrected chi connectivity index (χ2v) is 15.6. The Kier molecular flexibility index (Phi) is 68.3. The van der Waals surface area contributed by atoms with Crippen LogP contribution in [0.25, 0.3) is 0 Å². The third kappa shape index (κ3) is 64.2. The SMILES string of the molecule is CC.CC.CN.CNCCCCC(NC(=O)CCNCCOCCNCCOCCOCCOCCOCCOCCNC(C)=O)C(=O)NCCNCCOCC(=O)NCCCCC(C=O)NC(=O)CCNC(C)=O. The van der Waals surface area contributed by atoms with Gasteiger partial charge in [-0.25, -0.2) is 0 Å². The smallest absolute Gasteiger partial charge is 0.245 e. The highest BCUT2D eigenvalue weighted by Gasteiger charge is 2.20. The Balaban J connectivity index is -0.00000404. The molecule has 0 aliphatic rings. The lowest BCUT2D eigenvalue weighted by molar-refractivity contribution is -0.129. The minimum atomic E-state index is -0.639. The van der Waals surface area contributed by atoms with Gasteiger partial charge in [-0.1, -0.05) is 27.7 Å². The molecule has 444 valence electrons. The van der Waals surface area contributed by atoms with E-state index in [0.29, 0.717) is 177 Å². The molecule has 0 aromatic rings. The topological polar surface area (TPSA) is 330 Å². The maximum absolute atomic E-state index is 13.0. The summed E-state index contributed by atoms with van der Waals surface area (Å²) < 4.78 is 38.3. The lowest BCUT2D eigenvalue weighted by atomic mass is 10.1. The van der Waals surface area contributed by atoms with Crippen LogP contribution in [0.1, 0.15) is 92.9 Å². The number of aldehydes is 1. The van der Waals surface area contributed by atoms with Crippen molar-refractivity contribution < 1.29 is 66.7 Å². The van der Waals surface area contributed by atoms with E-state index in [0.717, 1.165) is 19.4 Å². The van der Waals surface area contributed by atoms with Crippen molar-refractivity contribution in [3.63, 3.8) is 0 Å². The number of nitrogens with two attached hydrogens (primary N) is 1. The number of amides is 6. The molecule has 0 saturated carbocycles. The maximum Gasteiger partial charge on any atom is 0.245 e. The van der Waals surface area contributed by atoms with Gasteiger partial charge in [0.15, 0.2) is 0 Å². The molecule has 0 heterocycles. The summed E-state index contributed by atoms with van der Waals surface area (Å²) in [6.07, 6.45) is 4.85. The molecular weight excluding hydrogens is 979 g/mol. The third-order valence-electron chi connectivity index (χ3n) is 9.49. The van der Waals surface area contributed by atoms with E-state index < -0.39 is 12.1 Å². The molecule has 0 spiro atoms. The first kappa shape index (κ1) is 77.5. The van der Waals surface area contributed by atoms with Gasteiger partial charge in [-0.05, 0) is 59.2 Å². The Morgan fingerprint density at radius 2 is 0.853 bits per heavy atom. The second-order valence-electron chi connectivity index (χ2n) is 15.6. The molecule has 0 saturated heterocycles. The largest absolute Gasteiger partial charge is 0.379 e. The average Bonchev–Trinajstić information content (AvgIpc) is 3.40. The van der Waals surface area contributed by atoms with Crippen LogP contribution in [0.5, 0.6) is 0 Å². The van der Waals surface area contributed by atoms with Crippen molar-refractivity contribution in [3.05, 3.63) is 0 Å². The molecule has 0 aliphatic heterocycles. The van der Waals surface area contributed by atoms with E-state index in [1.807, 2.05) is 34.7 Å². The molecule has 0 aliphatic carbocycles. The highest BCUT2D eigenvalue weighted by molar-refractivity contribution is 5.87. The number of nitrogens with one attached hydrogen (secondary N) is 10. The standard InChI is InChI=1S/C45H88N10O14.2C2H6.CH5N/c1-38(57)50-15-11-42(59)54-40(36-56)8-4-7-13-52-44(61)37-69-26-21-48-16-17-53-45(62)41(9-5-6-12-46-3)55-43(60)10-14-47-18-23-63-24-19-49-20-25-64-28-30-66-32-34-68-35-33-67-31-29-65-27-22-51-39(2)58;3*1-2/h36,40-41,46-49H,4-35,37H2,1-3H3,(H,50,57)(H,51,58)(H,52,61)(H,53,62)(H,54,59)(H,55,60);2*1-2H3;2H2,1H3. The quantitative estimate of drug-likeness (QED) is 0.0244. The molecule has 25 heteroatoms. The molecule has 12 N–H and O–H groups in total. The van der Waals surface area contributed by atoms with Gasteiger partial charge in [0.25, 0.3) is 0 Å². The van der Waals surface area contributed by atoms with Gasteiger partial charge in [-0.3, -0.25) is 28.8 Å². The van der Waals surface area contributed by atoms with Crippen LogP contribution in [0.15, 0.2) is 0 Å². The number of unbranched alkanes of at least 4 members (excludes halogenated alkanes) is 2. The molecule has 25 nitrogen and oxygen atoms in total. The Labute approximate surface area is 449 Å². The summed E-state index contributed by atoms with van der Waals surface area (Å²) in [6, 6.07) is -1.26. The summed E-state index contributed by atoms with van der Waals surface area (Å²) in [5, 5.41) is 29.1. The zero-order chi connectivity index (χ0) is 56.7. The van der Waals surface area contributed by atoms with E-state index in [-0.39, 0.29) is 61.4 Å². The predicted molar refractivity (Wildman–Crippen MR) is 291 cm³/mol. The fourth-order valence-electron chi connectivity index (χ4n) is 5.86. The monoisotopic (exact) mass is 1080 g/mol. The predicted octanol–water partition coefficient (Wildman–Crippen LogP) is -1.49. The summed E-state index contributed by atoms with van der Waals surface area (Å²) in [6.45, 7) is 22.5. The summed E-state index contributed by atoms with van der Waals surface area (Å²) in [5.41, 5.74) is 4.50. The lowest BCUT2D eigenvalue weighted by Crippen LogP contribution is -2.48. The van der Waals surface area contributed by atoms with Crippen molar-refractivity contribution in [1.29, 1.82) is 0 Å². The molecule has 0 aromatic carbocycles. The first-order valence-electron chi connectivity index (χ1n) is 27.0. The molecule has 0 rings (SSSR count). The van der Waals surface area contributed by atoms with Crippen LogP contribution in [0.3, 0.4) is 0 Å². The van der Waals surface area contributed by atoms with Crippen molar-refractivity contribution in [2.45, 2.75) is 105 Å². The molecule has 75 heavy (non-hydrogen) atoms. The van der Waals surface area contributed by atoms with E-state index in [4.69, 9.17) is 33.2 Å². The van der Waals surface area contributed by atoms with Gasteiger partial charge in [0.2, 0.25) is 35.4 Å². The first-order valence-corrected chi connectivity index (χ1v) is 27.0. The molecule has 0 radical (unpaired) electrons. The van der Waals surface area contributed by atoms with Crippen LogP contribution in [0.2, 0.25) is 0 Å². The van der Waals surface area contributed by atoms with Crippen molar-refractivity contribution in [2.75, 3.05) is 179 Å². The van der Waals surface area contributed by atoms with Crippen LogP contribution < -0.4 is 58.9 Å². The van der Waals surface area contributed by atoms with Gasteiger partial charge in [0.05, 0.1) is 91.9 Å². The molecule has 2 unspecified atom stereocenters. The van der Waals surface area contributed by atoms with Crippen LogP contribution in [0, 0.1) is 0 Å². The minimum absolute atomic E-state index is 0.0747. The van der Waals surface area contributed by atoms with Gasteiger partial charge >= 0.3 is 0 Å². The molecule has 0 bridgehead atoms. The fraction of sp³-hybridized carbons (Fsp3) is 0.860. The van der Waals surface area contributed by atoms with E-state index in [1.54, 1.807) is 0 Å². The van der Waals surface area contributed by atoms with Crippen LogP contribution >= 0.6 is 0 Å². The van der Waals surface area contributed by atoms with Crippen LogP contribution in [-0.2, 0) is 66.7 Å². The van der Waals surface area contributed by atoms with E-state index in [1.165, 1.54) is 20.9 Å². The fourth-order valence-corrected chi connectivity index (χ4v) is 5.86. The molecule has 2 atom stereocenters. The zero-order valence-electron chi connectivity index (χ0n) is 47.4. The Hall–Kier alpha value is -3.99. The number of carbonyl (C=O) groups excluding carboxylic acids is 7. The molecule has 0 fully saturated rings. The highest BCUT2D eigenvalue weighted by atomic mass is 16.6. The molecule has 0 aromatic heterocycles. The maximum atomic E-state index is 13.0. The number of rotatable bonds is 52. The number of carbonyl (C=O) groups is 7. The summed E-state index contributed by atoms with van der Waals surface area (Å²) in [4.78, 5) is 82.6. The van der Waals surface area contributed by atoms with Crippen molar-refractivity contribution >= 4 is 41.7 Å². The van der Waals surface area contributed by atoms with Crippen molar-refractivity contribution in [3.8, 4) is 0 Å². The lowest BCUT2D eigenvalue weighted by Gasteiger charge is -2.19. The highest BCUT2D eigenvalue weighted by Crippen LogP contribution is 2.02. The van der Waals surface area contributed by atoms with E-state index >= 15 is 0 Å². The molecule has 6 amide bonds. The van der Waals surface area contributed by atoms with Crippen LogP contribution in [-0.4, -0.2) is 232 Å². The van der Waals surface area contributed by atoms with Gasteiger partial charge < -0.3 is 96.9 Å². The van der Waals surface area contributed by atoms with E-state index in [2.05, 4.69) is 58.9 Å². The second kappa shape index (κ2) is 66.1. The normalized spacial score (nSPS) is 11.2. The number of hydrogen-bond donors (Lipinski definition) is 11. The summed E-state index contributed by atoms with van der Waals surface area (Å²) in [7, 11) is 3.37. The van der Waals surface area contributed by atoms with Gasteiger partial charge in [-0.15, -0.1) is 0 Å². The Morgan fingerprint density at radius 1 is 0.427 bits per heavy atom.